The van der Waals surface area contributed by atoms with E-state index < -0.39 is 6.10 Å². The van der Waals surface area contributed by atoms with Crippen LogP contribution in [0.15, 0.2) is 30.0 Å². The second kappa shape index (κ2) is 4.66. The van der Waals surface area contributed by atoms with Crippen LogP contribution in [0.25, 0.3) is 0 Å². The molecule has 0 fully saturated rings. The van der Waals surface area contributed by atoms with Gasteiger partial charge in [0.1, 0.15) is 0 Å². The van der Waals surface area contributed by atoms with E-state index in [2.05, 4.69) is 22.9 Å². The van der Waals surface area contributed by atoms with Crippen LogP contribution in [-0.4, -0.2) is 23.2 Å². The molecule has 0 unspecified atom stereocenters. The maximum absolute atomic E-state index is 9.38. The largest absolute Gasteiger partial charge is 0.387 e. The van der Waals surface area contributed by atoms with Crippen LogP contribution in [0.3, 0.4) is 0 Å². The number of hydrogen-bond acceptors (Lipinski definition) is 3. The van der Waals surface area contributed by atoms with E-state index in [9.17, 15) is 5.11 Å². The van der Waals surface area contributed by atoms with Gasteiger partial charge in [-0.15, -0.1) is 0 Å². The lowest BCUT2D eigenvalue weighted by atomic mass is 10.1. The zero-order valence-corrected chi connectivity index (χ0v) is 9.85. The molecular formula is C13H18N2O. The molecule has 0 aromatic carbocycles. The highest BCUT2D eigenvalue weighted by atomic mass is 16.3. The number of aliphatic hydroxyl groups excluding tert-OH is 1. The molecule has 1 aromatic rings. The van der Waals surface area contributed by atoms with Gasteiger partial charge in [0.25, 0.3) is 0 Å². The minimum Gasteiger partial charge on any atom is -0.387 e. The van der Waals surface area contributed by atoms with Gasteiger partial charge in [0, 0.05) is 13.1 Å². The van der Waals surface area contributed by atoms with E-state index >= 15 is 0 Å². The molecule has 0 spiro atoms. The van der Waals surface area contributed by atoms with Gasteiger partial charge in [-0.25, -0.2) is 0 Å². The number of anilines is 1. The molecule has 0 aliphatic carbocycles. The Balaban J connectivity index is 2.13. The van der Waals surface area contributed by atoms with Gasteiger partial charge < -0.3 is 10.0 Å². The molecule has 0 radical (unpaired) electrons. The van der Waals surface area contributed by atoms with Crippen LogP contribution in [0.5, 0.6) is 0 Å². The molecule has 0 amide bonds. The zero-order valence-electron chi connectivity index (χ0n) is 9.85. The molecule has 86 valence electrons. The fraction of sp³-hybridized carbons (Fsp3) is 0.462. The zero-order chi connectivity index (χ0) is 11.5. The van der Waals surface area contributed by atoms with Crippen LogP contribution >= 0.6 is 0 Å². The van der Waals surface area contributed by atoms with Crippen molar-refractivity contribution in [2.24, 2.45) is 0 Å². The molecule has 1 N–H and O–H groups in total. The first-order valence-electron chi connectivity index (χ1n) is 5.71. The van der Waals surface area contributed by atoms with Gasteiger partial charge in [0.15, 0.2) is 0 Å². The molecule has 2 heterocycles. The summed E-state index contributed by atoms with van der Waals surface area (Å²) in [5, 5.41) is 9.38. The van der Waals surface area contributed by atoms with Crippen molar-refractivity contribution in [1.29, 1.82) is 0 Å². The van der Waals surface area contributed by atoms with Gasteiger partial charge in [0.05, 0.1) is 23.7 Å². The third kappa shape index (κ3) is 2.42. The van der Waals surface area contributed by atoms with E-state index in [-0.39, 0.29) is 0 Å². The predicted molar refractivity (Wildman–Crippen MR) is 65.5 cm³/mol. The van der Waals surface area contributed by atoms with Crippen LogP contribution in [0.1, 0.15) is 32.1 Å². The Labute approximate surface area is 96.4 Å². The van der Waals surface area contributed by atoms with Crippen molar-refractivity contribution in [3.8, 4) is 0 Å². The Morgan fingerprint density at radius 2 is 2.25 bits per heavy atom. The van der Waals surface area contributed by atoms with Crippen molar-refractivity contribution < 1.29 is 5.11 Å². The van der Waals surface area contributed by atoms with Gasteiger partial charge >= 0.3 is 0 Å². The molecule has 1 atom stereocenters. The summed E-state index contributed by atoms with van der Waals surface area (Å²) in [4.78, 5) is 6.58. The van der Waals surface area contributed by atoms with Crippen LogP contribution in [-0.2, 0) is 0 Å². The monoisotopic (exact) mass is 218 g/mol. The molecule has 0 saturated heterocycles. The lowest BCUT2D eigenvalue weighted by Crippen LogP contribution is -2.29. The van der Waals surface area contributed by atoms with E-state index in [0.717, 1.165) is 30.9 Å². The lowest BCUT2D eigenvalue weighted by Gasteiger charge is -2.28. The van der Waals surface area contributed by atoms with Crippen molar-refractivity contribution >= 4 is 5.69 Å². The summed E-state index contributed by atoms with van der Waals surface area (Å²) in [6.07, 6.45) is 4.75. The molecule has 0 bridgehead atoms. The Kier molecular flexibility index (Phi) is 3.25. The fourth-order valence-corrected chi connectivity index (χ4v) is 1.96. The van der Waals surface area contributed by atoms with Gasteiger partial charge in [0.2, 0.25) is 0 Å². The normalized spacial score (nSPS) is 18.2. The Hall–Kier alpha value is -1.35. The standard InChI is InChI=1S/C13H18N2O/c1-10-4-3-7-15(9-10)12-5-6-13(11(2)16)14-8-12/h4-6,8,11,16H,3,7,9H2,1-2H3/t11-/m1/s1. The van der Waals surface area contributed by atoms with E-state index in [0.29, 0.717) is 0 Å². The smallest absolute Gasteiger partial charge is 0.0931 e. The highest BCUT2D eigenvalue weighted by Crippen LogP contribution is 2.20. The molecule has 3 nitrogen and oxygen atoms in total. The third-order valence-electron chi connectivity index (χ3n) is 2.90. The number of aliphatic hydroxyl groups is 1. The van der Waals surface area contributed by atoms with Crippen molar-refractivity contribution in [2.45, 2.75) is 26.4 Å². The first-order valence-corrected chi connectivity index (χ1v) is 5.71. The first kappa shape index (κ1) is 11.1. The van der Waals surface area contributed by atoms with E-state index in [1.807, 2.05) is 18.3 Å². The summed E-state index contributed by atoms with van der Waals surface area (Å²) >= 11 is 0. The van der Waals surface area contributed by atoms with E-state index in [4.69, 9.17) is 0 Å². The predicted octanol–water partition coefficient (Wildman–Crippen LogP) is 2.29. The van der Waals surface area contributed by atoms with Crippen molar-refractivity contribution in [1.82, 2.24) is 4.98 Å². The van der Waals surface area contributed by atoms with Crippen molar-refractivity contribution in [3.05, 3.63) is 35.7 Å². The van der Waals surface area contributed by atoms with Crippen LogP contribution in [0, 0.1) is 0 Å². The molecule has 3 heteroatoms. The second-order valence-electron chi connectivity index (χ2n) is 4.38. The summed E-state index contributed by atoms with van der Waals surface area (Å²) in [5.41, 5.74) is 3.27. The summed E-state index contributed by atoms with van der Waals surface area (Å²) in [6, 6.07) is 3.93. The molecule has 16 heavy (non-hydrogen) atoms. The van der Waals surface area contributed by atoms with Gasteiger partial charge in [-0.05, 0) is 32.4 Å². The highest BCUT2D eigenvalue weighted by Gasteiger charge is 2.11. The van der Waals surface area contributed by atoms with Crippen LogP contribution in [0.4, 0.5) is 5.69 Å². The molecule has 0 saturated carbocycles. The fourth-order valence-electron chi connectivity index (χ4n) is 1.96. The quantitative estimate of drug-likeness (QED) is 0.774. The summed E-state index contributed by atoms with van der Waals surface area (Å²) in [6.45, 7) is 5.92. The maximum Gasteiger partial charge on any atom is 0.0931 e. The SMILES string of the molecule is CC1=CCCN(c2ccc([C@@H](C)O)nc2)C1. The van der Waals surface area contributed by atoms with Crippen molar-refractivity contribution in [3.63, 3.8) is 0 Å². The van der Waals surface area contributed by atoms with E-state index in [1.54, 1.807) is 6.92 Å². The average Bonchev–Trinajstić information content (AvgIpc) is 2.29. The molecular weight excluding hydrogens is 200 g/mol. The molecule has 1 aliphatic rings. The van der Waals surface area contributed by atoms with Crippen LogP contribution in [0.2, 0.25) is 0 Å². The number of aromatic nitrogens is 1. The van der Waals surface area contributed by atoms with Gasteiger partial charge in [-0.1, -0.05) is 11.6 Å². The number of nitrogens with zero attached hydrogens (tertiary/aromatic N) is 2. The Bertz CT molecular complexity index is 381. The summed E-state index contributed by atoms with van der Waals surface area (Å²) in [7, 11) is 0. The molecule has 1 aliphatic heterocycles. The summed E-state index contributed by atoms with van der Waals surface area (Å²) < 4.78 is 0. The molecule has 2 rings (SSSR count). The topological polar surface area (TPSA) is 36.4 Å². The van der Waals surface area contributed by atoms with Crippen molar-refractivity contribution in [2.75, 3.05) is 18.0 Å². The Morgan fingerprint density at radius 1 is 1.44 bits per heavy atom. The number of hydrogen-bond donors (Lipinski definition) is 1. The second-order valence-corrected chi connectivity index (χ2v) is 4.38. The first-order chi connectivity index (χ1) is 7.66. The lowest BCUT2D eigenvalue weighted by molar-refractivity contribution is 0.194. The van der Waals surface area contributed by atoms with Crippen LogP contribution < -0.4 is 4.90 Å². The number of rotatable bonds is 2. The third-order valence-corrected chi connectivity index (χ3v) is 2.90. The number of pyridine rings is 1. The van der Waals surface area contributed by atoms with Gasteiger partial charge in [-0.2, -0.15) is 0 Å². The minimum absolute atomic E-state index is 0.489. The van der Waals surface area contributed by atoms with E-state index in [1.165, 1.54) is 5.57 Å². The maximum atomic E-state index is 9.38. The summed E-state index contributed by atoms with van der Waals surface area (Å²) in [5.74, 6) is 0. The molecule has 1 aromatic heterocycles. The van der Waals surface area contributed by atoms with Gasteiger partial charge in [-0.3, -0.25) is 4.98 Å². The highest BCUT2D eigenvalue weighted by molar-refractivity contribution is 5.47. The average molecular weight is 218 g/mol. The minimum atomic E-state index is -0.489. The Morgan fingerprint density at radius 3 is 2.81 bits per heavy atom.